The Labute approximate surface area is 235 Å². The summed E-state index contributed by atoms with van der Waals surface area (Å²) in [5.41, 5.74) is 3.39. The molecule has 1 unspecified atom stereocenters. The Bertz CT molecular complexity index is 1460. The Morgan fingerprint density at radius 2 is 1.80 bits per heavy atom. The summed E-state index contributed by atoms with van der Waals surface area (Å²) in [7, 11) is 1.43. The lowest BCUT2D eigenvalue weighted by Crippen LogP contribution is -2.48. The molecule has 0 spiro atoms. The molecule has 41 heavy (non-hydrogen) atoms. The Kier molecular flexibility index (Phi) is 9.35. The number of nitrogens with one attached hydrogen (secondary N) is 3. The number of nitrogens with zero attached hydrogens (tertiary/aromatic N) is 1. The summed E-state index contributed by atoms with van der Waals surface area (Å²) < 4.78 is 35.2. The zero-order chi connectivity index (χ0) is 29.4. The second-order valence-corrected chi connectivity index (χ2v) is 9.22. The zero-order valence-electron chi connectivity index (χ0n) is 22.6. The maximum absolute atomic E-state index is 13.7. The minimum atomic E-state index is -0.856. The molecule has 214 valence electrons. The minimum Gasteiger partial charge on any atom is -0.493 e. The highest BCUT2D eigenvalue weighted by Crippen LogP contribution is 2.32. The number of fused-ring (bicyclic) bond motifs is 1. The van der Waals surface area contributed by atoms with Gasteiger partial charge in [0, 0.05) is 5.56 Å². The number of para-hydroxylation sites is 1. The van der Waals surface area contributed by atoms with Crippen LogP contribution in [0.15, 0.2) is 65.8 Å². The number of rotatable bonds is 11. The van der Waals surface area contributed by atoms with Crippen molar-refractivity contribution in [2.75, 3.05) is 25.8 Å². The summed E-state index contributed by atoms with van der Waals surface area (Å²) in [6.45, 7) is 3.32. The van der Waals surface area contributed by atoms with Crippen LogP contribution in [-0.4, -0.2) is 50.5 Å². The number of halogens is 1. The summed E-state index contributed by atoms with van der Waals surface area (Å²) >= 11 is 0. The van der Waals surface area contributed by atoms with Crippen LogP contribution in [0.3, 0.4) is 0 Å². The molecule has 0 bridgehead atoms. The molecule has 3 aromatic rings. The quantitative estimate of drug-likeness (QED) is 0.240. The normalized spacial score (nSPS) is 12.6. The van der Waals surface area contributed by atoms with E-state index in [4.69, 9.17) is 18.9 Å². The van der Waals surface area contributed by atoms with Gasteiger partial charge in [-0.25, -0.2) is 9.82 Å². The summed E-state index contributed by atoms with van der Waals surface area (Å²) in [5.74, 6) is -0.659. The summed E-state index contributed by atoms with van der Waals surface area (Å²) in [6.07, 6.45) is 1.39. The van der Waals surface area contributed by atoms with E-state index >= 15 is 0 Å². The van der Waals surface area contributed by atoms with Crippen molar-refractivity contribution >= 4 is 29.6 Å². The highest BCUT2D eigenvalue weighted by molar-refractivity contribution is 5.98. The third-order valence-electron chi connectivity index (χ3n) is 5.95. The van der Waals surface area contributed by atoms with Crippen LogP contribution >= 0.6 is 0 Å². The predicted molar refractivity (Wildman–Crippen MR) is 148 cm³/mol. The molecule has 3 aromatic carbocycles. The van der Waals surface area contributed by atoms with E-state index in [1.165, 1.54) is 31.5 Å². The maximum Gasteiger partial charge on any atom is 0.262 e. The van der Waals surface area contributed by atoms with Crippen LogP contribution in [0.25, 0.3) is 0 Å². The fourth-order valence-electron chi connectivity index (χ4n) is 3.81. The van der Waals surface area contributed by atoms with Gasteiger partial charge >= 0.3 is 0 Å². The highest BCUT2D eigenvalue weighted by Gasteiger charge is 2.25. The van der Waals surface area contributed by atoms with Crippen molar-refractivity contribution in [3.05, 3.63) is 77.6 Å². The van der Waals surface area contributed by atoms with E-state index in [0.717, 1.165) is 0 Å². The molecule has 11 nitrogen and oxygen atoms in total. The van der Waals surface area contributed by atoms with E-state index in [-0.39, 0.29) is 30.8 Å². The third-order valence-corrected chi connectivity index (χ3v) is 5.95. The molecule has 4 rings (SSSR count). The molecule has 1 aliphatic rings. The van der Waals surface area contributed by atoms with Crippen molar-refractivity contribution in [3.8, 4) is 23.0 Å². The van der Waals surface area contributed by atoms with Crippen LogP contribution in [-0.2, 0) is 9.59 Å². The van der Waals surface area contributed by atoms with E-state index in [1.54, 1.807) is 56.3 Å². The van der Waals surface area contributed by atoms with Gasteiger partial charge < -0.3 is 29.6 Å². The van der Waals surface area contributed by atoms with Gasteiger partial charge in [-0.05, 0) is 60.0 Å². The molecule has 0 saturated heterocycles. The molecule has 12 heteroatoms. The zero-order valence-corrected chi connectivity index (χ0v) is 22.6. The van der Waals surface area contributed by atoms with E-state index in [1.807, 2.05) is 0 Å². The van der Waals surface area contributed by atoms with Crippen LogP contribution in [0.5, 0.6) is 23.0 Å². The average Bonchev–Trinajstić information content (AvgIpc) is 3.44. The Morgan fingerprint density at radius 1 is 1.02 bits per heavy atom. The summed E-state index contributed by atoms with van der Waals surface area (Å²) in [6, 6.07) is 14.5. The first-order valence-electron chi connectivity index (χ1n) is 12.6. The number of hydrogen-bond donors (Lipinski definition) is 3. The lowest BCUT2D eigenvalue weighted by atomic mass is 10.0. The Balaban J connectivity index is 1.32. The maximum atomic E-state index is 13.7. The largest absolute Gasteiger partial charge is 0.493 e. The molecule has 3 amide bonds. The van der Waals surface area contributed by atoms with E-state index in [2.05, 4.69) is 21.2 Å². The molecule has 0 aromatic heterocycles. The number of hydrogen-bond acceptors (Lipinski definition) is 8. The van der Waals surface area contributed by atoms with Gasteiger partial charge in [0.1, 0.15) is 11.9 Å². The van der Waals surface area contributed by atoms with Gasteiger partial charge in [-0.15, -0.1) is 0 Å². The molecular weight excluding hydrogens is 535 g/mol. The third kappa shape index (κ3) is 7.50. The van der Waals surface area contributed by atoms with Crippen LogP contribution in [0.2, 0.25) is 0 Å². The summed E-state index contributed by atoms with van der Waals surface area (Å²) in [4.78, 5) is 37.7. The average molecular weight is 565 g/mol. The number of anilines is 1. The Morgan fingerprint density at radius 3 is 2.56 bits per heavy atom. The number of amides is 3. The van der Waals surface area contributed by atoms with Gasteiger partial charge in [0.25, 0.3) is 17.7 Å². The van der Waals surface area contributed by atoms with Crippen LogP contribution in [0, 0.1) is 11.7 Å². The lowest BCUT2D eigenvalue weighted by molar-refractivity contribution is -0.124. The number of ether oxygens (including phenoxy) is 4. The van der Waals surface area contributed by atoms with Gasteiger partial charge in [0.2, 0.25) is 6.79 Å². The number of hydrazone groups is 1. The first-order valence-corrected chi connectivity index (χ1v) is 12.6. The minimum absolute atomic E-state index is 0.0499. The monoisotopic (exact) mass is 564 g/mol. The standard InChI is InChI=1S/C29H29FN4O7/c1-17(2)27(33-28(36)19-9-11-23-25(13-19)41-16-40-23)29(37)34-31-14-18-8-10-22(24(12-18)38-3)39-15-26(35)32-21-7-5-4-6-20(21)30/h4-14,17,27H,15-16H2,1-3H3,(H,32,35)(H,33,36)(H,34,37)/b31-14+. The molecule has 0 fully saturated rings. The van der Waals surface area contributed by atoms with Gasteiger partial charge in [-0.1, -0.05) is 26.0 Å². The van der Waals surface area contributed by atoms with Gasteiger partial charge in [-0.2, -0.15) is 5.10 Å². The van der Waals surface area contributed by atoms with Crippen molar-refractivity contribution < 1.29 is 37.7 Å². The molecule has 1 heterocycles. The fraction of sp³-hybridized carbons (Fsp3) is 0.241. The molecule has 0 radical (unpaired) electrons. The van der Waals surface area contributed by atoms with Crippen molar-refractivity contribution in [2.24, 2.45) is 11.0 Å². The first-order chi connectivity index (χ1) is 19.7. The number of carbonyl (C=O) groups is 3. The van der Waals surface area contributed by atoms with Crippen molar-refractivity contribution in [2.45, 2.75) is 19.9 Å². The van der Waals surface area contributed by atoms with Crippen molar-refractivity contribution in [3.63, 3.8) is 0 Å². The van der Waals surface area contributed by atoms with E-state index in [9.17, 15) is 18.8 Å². The SMILES string of the molecule is COc1cc(/C=N/NC(=O)C(NC(=O)c2ccc3c(c2)OCO3)C(C)C)ccc1OCC(=O)Nc1ccccc1F. The smallest absolute Gasteiger partial charge is 0.262 e. The molecular formula is C29H29FN4O7. The van der Waals surface area contributed by atoms with Gasteiger partial charge in [0.15, 0.2) is 29.6 Å². The predicted octanol–water partition coefficient (Wildman–Crippen LogP) is 3.49. The Hall–Kier alpha value is -5.13. The number of carbonyl (C=O) groups excluding carboxylic acids is 3. The molecule has 3 N–H and O–H groups in total. The summed E-state index contributed by atoms with van der Waals surface area (Å²) in [5, 5.41) is 9.16. The molecule has 0 aliphatic carbocycles. The molecule has 0 saturated carbocycles. The lowest BCUT2D eigenvalue weighted by Gasteiger charge is -2.20. The van der Waals surface area contributed by atoms with Crippen molar-refractivity contribution in [1.82, 2.24) is 10.7 Å². The topological polar surface area (TPSA) is 137 Å². The molecule has 1 atom stereocenters. The van der Waals surface area contributed by atoms with E-state index < -0.39 is 29.6 Å². The van der Waals surface area contributed by atoms with Gasteiger partial charge in [-0.3, -0.25) is 14.4 Å². The fourth-order valence-corrected chi connectivity index (χ4v) is 3.81. The van der Waals surface area contributed by atoms with Crippen LogP contribution < -0.4 is 35.0 Å². The van der Waals surface area contributed by atoms with Crippen LogP contribution in [0.4, 0.5) is 10.1 Å². The van der Waals surface area contributed by atoms with Gasteiger partial charge in [0.05, 0.1) is 19.0 Å². The van der Waals surface area contributed by atoms with Crippen LogP contribution in [0.1, 0.15) is 29.8 Å². The second-order valence-electron chi connectivity index (χ2n) is 9.22. The number of methoxy groups -OCH3 is 1. The van der Waals surface area contributed by atoms with Crippen molar-refractivity contribution in [1.29, 1.82) is 0 Å². The number of benzene rings is 3. The second kappa shape index (κ2) is 13.3. The molecule has 1 aliphatic heterocycles. The van der Waals surface area contributed by atoms with E-state index in [0.29, 0.717) is 28.4 Å². The highest BCUT2D eigenvalue weighted by atomic mass is 19.1. The first kappa shape index (κ1) is 28.9.